The zero-order valence-electron chi connectivity index (χ0n) is 14.8. The van der Waals surface area contributed by atoms with E-state index < -0.39 is 25.4 Å². The van der Waals surface area contributed by atoms with Crippen molar-refractivity contribution in [3.8, 4) is 5.69 Å². The number of rotatable bonds is 4. The standard InChI is InChI=1S/C18H17N3O5S2/c1-12-17(18(22)21(19-12)14-5-3-2-4-6-14)20-28(25,26)15-8-7-13-9-10-27(23,24)16(13)11-15/h2-8,11,19-20H,9-10H2,1H3. The Bertz CT molecular complexity index is 1340. The molecule has 10 heteroatoms. The number of hydrogen-bond acceptors (Lipinski definition) is 5. The molecule has 8 nitrogen and oxygen atoms in total. The van der Waals surface area contributed by atoms with Gasteiger partial charge in [-0.3, -0.25) is 14.6 Å². The molecule has 1 aliphatic heterocycles. The van der Waals surface area contributed by atoms with Crippen molar-refractivity contribution in [3.05, 3.63) is 70.1 Å². The first-order valence-corrected chi connectivity index (χ1v) is 11.6. The molecular formula is C18H17N3O5S2. The van der Waals surface area contributed by atoms with Gasteiger partial charge in [-0.25, -0.2) is 21.5 Å². The van der Waals surface area contributed by atoms with Gasteiger partial charge in [-0.2, -0.15) is 0 Å². The molecule has 0 radical (unpaired) electrons. The summed E-state index contributed by atoms with van der Waals surface area (Å²) in [5, 5.41) is 2.84. The molecule has 2 heterocycles. The number of benzene rings is 2. The largest absolute Gasteiger partial charge is 0.295 e. The van der Waals surface area contributed by atoms with Crippen LogP contribution in [0.5, 0.6) is 0 Å². The topological polar surface area (TPSA) is 118 Å². The molecule has 4 rings (SSSR count). The molecule has 0 bridgehead atoms. The van der Waals surface area contributed by atoms with Crippen molar-refractivity contribution in [2.45, 2.75) is 23.1 Å². The number of aromatic amines is 1. The van der Waals surface area contributed by atoms with Crippen molar-refractivity contribution in [2.75, 3.05) is 10.5 Å². The summed E-state index contributed by atoms with van der Waals surface area (Å²) in [6.45, 7) is 1.58. The van der Waals surface area contributed by atoms with Gasteiger partial charge in [0.2, 0.25) is 0 Å². The third kappa shape index (κ3) is 3.04. The number of H-pyrrole nitrogens is 1. The minimum atomic E-state index is -4.15. The summed E-state index contributed by atoms with van der Waals surface area (Å²) >= 11 is 0. The van der Waals surface area contributed by atoms with Crippen LogP contribution in [0.2, 0.25) is 0 Å². The SMILES string of the molecule is Cc1[nH]n(-c2ccccc2)c(=O)c1NS(=O)(=O)c1ccc2c(c1)S(=O)(=O)CC2. The second-order valence-corrected chi connectivity index (χ2v) is 10.3. The summed E-state index contributed by atoms with van der Waals surface area (Å²) < 4.78 is 53.3. The smallest absolute Gasteiger partial charge is 0.293 e. The molecular weight excluding hydrogens is 402 g/mol. The number of sulfone groups is 1. The number of nitrogens with one attached hydrogen (secondary N) is 2. The van der Waals surface area contributed by atoms with E-state index in [9.17, 15) is 21.6 Å². The van der Waals surface area contributed by atoms with E-state index in [-0.39, 0.29) is 21.2 Å². The van der Waals surface area contributed by atoms with E-state index >= 15 is 0 Å². The van der Waals surface area contributed by atoms with Gasteiger partial charge in [-0.15, -0.1) is 0 Å². The van der Waals surface area contributed by atoms with E-state index in [1.807, 2.05) is 0 Å². The highest BCUT2D eigenvalue weighted by molar-refractivity contribution is 7.93. The Labute approximate surface area is 161 Å². The second-order valence-electron chi connectivity index (χ2n) is 6.53. The number of aryl methyl sites for hydroxylation is 2. The van der Waals surface area contributed by atoms with Gasteiger partial charge in [0.1, 0.15) is 5.69 Å². The first-order valence-electron chi connectivity index (χ1n) is 8.44. The molecule has 28 heavy (non-hydrogen) atoms. The summed E-state index contributed by atoms with van der Waals surface area (Å²) in [5.41, 5.74) is 0.826. The van der Waals surface area contributed by atoms with Gasteiger partial charge in [0, 0.05) is 0 Å². The van der Waals surface area contributed by atoms with Gasteiger partial charge in [0.05, 0.1) is 26.9 Å². The molecule has 0 aliphatic carbocycles. The van der Waals surface area contributed by atoms with E-state index in [4.69, 9.17) is 0 Å². The van der Waals surface area contributed by atoms with Crippen LogP contribution in [0.25, 0.3) is 5.69 Å². The Morgan fingerprint density at radius 3 is 2.54 bits per heavy atom. The first-order chi connectivity index (χ1) is 13.2. The predicted octanol–water partition coefficient (Wildman–Crippen LogP) is 1.60. The summed E-state index contributed by atoms with van der Waals surface area (Å²) in [6, 6.07) is 12.7. The van der Waals surface area contributed by atoms with Crippen LogP contribution in [-0.4, -0.2) is 32.4 Å². The van der Waals surface area contributed by atoms with Crippen molar-refractivity contribution in [1.82, 2.24) is 9.78 Å². The Balaban J connectivity index is 1.74. The molecule has 0 unspecified atom stereocenters. The molecule has 3 aromatic rings. The molecule has 2 aromatic carbocycles. The fourth-order valence-electron chi connectivity index (χ4n) is 3.17. The van der Waals surface area contributed by atoms with E-state index in [1.54, 1.807) is 37.3 Å². The molecule has 1 aromatic heterocycles. The molecule has 0 atom stereocenters. The Morgan fingerprint density at radius 2 is 1.82 bits per heavy atom. The van der Waals surface area contributed by atoms with Crippen LogP contribution in [0.3, 0.4) is 0 Å². The maximum atomic E-state index is 12.8. The number of sulfonamides is 1. The number of aromatic nitrogens is 2. The van der Waals surface area contributed by atoms with Gasteiger partial charge in [0.25, 0.3) is 15.6 Å². The highest BCUT2D eigenvalue weighted by atomic mass is 32.2. The van der Waals surface area contributed by atoms with Crippen molar-refractivity contribution in [2.24, 2.45) is 0 Å². The number of para-hydroxylation sites is 1. The highest BCUT2D eigenvalue weighted by Gasteiger charge is 2.29. The monoisotopic (exact) mass is 419 g/mol. The molecule has 1 aliphatic rings. The Kier molecular flexibility index (Phi) is 4.20. The van der Waals surface area contributed by atoms with Gasteiger partial charge < -0.3 is 0 Å². The summed E-state index contributed by atoms with van der Waals surface area (Å²) in [6.07, 6.45) is 0.365. The predicted molar refractivity (Wildman–Crippen MR) is 104 cm³/mol. The Hall–Kier alpha value is -2.85. The molecule has 0 saturated heterocycles. The van der Waals surface area contributed by atoms with Crippen molar-refractivity contribution >= 4 is 25.5 Å². The van der Waals surface area contributed by atoms with E-state index in [0.717, 1.165) is 6.07 Å². The molecule has 0 saturated carbocycles. The van der Waals surface area contributed by atoms with Gasteiger partial charge in [-0.1, -0.05) is 24.3 Å². The van der Waals surface area contributed by atoms with Crippen LogP contribution in [0, 0.1) is 6.92 Å². The van der Waals surface area contributed by atoms with Gasteiger partial charge >= 0.3 is 0 Å². The van der Waals surface area contributed by atoms with Crippen molar-refractivity contribution < 1.29 is 16.8 Å². The lowest BCUT2D eigenvalue weighted by atomic mass is 10.2. The zero-order chi connectivity index (χ0) is 20.1. The summed E-state index contributed by atoms with van der Waals surface area (Å²) in [4.78, 5) is 12.5. The summed E-state index contributed by atoms with van der Waals surface area (Å²) in [7, 11) is -7.62. The normalized spacial score (nSPS) is 15.3. The van der Waals surface area contributed by atoms with Crippen LogP contribution < -0.4 is 10.3 Å². The lowest BCUT2D eigenvalue weighted by Crippen LogP contribution is -2.21. The highest BCUT2D eigenvalue weighted by Crippen LogP contribution is 2.29. The fourth-order valence-corrected chi connectivity index (χ4v) is 5.98. The fraction of sp³-hybridized carbons (Fsp3) is 0.167. The first kappa shape index (κ1) is 18.5. The third-order valence-electron chi connectivity index (χ3n) is 4.65. The minimum absolute atomic E-state index is 0.0298. The van der Waals surface area contributed by atoms with Crippen LogP contribution in [0.1, 0.15) is 11.3 Å². The van der Waals surface area contributed by atoms with Crippen LogP contribution in [0.15, 0.2) is 63.1 Å². The molecule has 2 N–H and O–H groups in total. The summed E-state index contributed by atoms with van der Waals surface area (Å²) in [5.74, 6) is -0.0298. The lowest BCUT2D eigenvalue weighted by Gasteiger charge is -2.08. The van der Waals surface area contributed by atoms with Crippen molar-refractivity contribution in [1.29, 1.82) is 0 Å². The number of hydrogen-bond donors (Lipinski definition) is 2. The third-order valence-corrected chi connectivity index (χ3v) is 7.79. The average Bonchev–Trinajstić information content (AvgIpc) is 3.12. The molecule has 146 valence electrons. The van der Waals surface area contributed by atoms with Crippen LogP contribution in [-0.2, 0) is 26.3 Å². The zero-order valence-corrected chi connectivity index (χ0v) is 16.5. The van der Waals surface area contributed by atoms with Gasteiger partial charge in [-0.05, 0) is 43.2 Å². The molecule has 0 amide bonds. The van der Waals surface area contributed by atoms with E-state index in [0.29, 0.717) is 23.4 Å². The quantitative estimate of drug-likeness (QED) is 0.666. The minimum Gasteiger partial charge on any atom is -0.293 e. The van der Waals surface area contributed by atoms with E-state index in [2.05, 4.69) is 9.82 Å². The molecule has 0 fully saturated rings. The van der Waals surface area contributed by atoms with Crippen LogP contribution >= 0.6 is 0 Å². The van der Waals surface area contributed by atoms with E-state index in [1.165, 1.54) is 16.8 Å². The number of nitrogens with zero attached hydrogens (tertiary/aromatic N) is 1. The maximum absolute atomic E-state index is 12.8. The number of anilines is 1. The average molecular weight is 419 g/mol. The second kappa shape index (κ2) is 6.35. The number of fused-ring (bicyclic) bond motifs is 1. The lowest BCUT2D eigenvalue weighted by molar-refractivity contribution is 0.599. The van der Waals surface area contributed by atoms with Gasteiger partial charge in [0.15, 0.2) is 9.84 Å². The van der Waals surface area contributed by atoms with Crippen molar-refractivity contribution in [3.63, 3.8) is 0 Å². The maximum Gasteiger partial charge on any atom is 0.295 e. The Morgan fingerprint density at radius 1 is 1.11 bits per heavy atom. The molecule has 0 spiro atoms. The van der Waals surface area contributed by atoms with Crippen LogP contribution in [0.4, 0.5) is 5.69 Å².